The average molecular weight is 266 g/mol. The van der Waals surface area contributed by atoms with Gasteiger partial charge in [-0.05, 0) is 43.3 Å². The second kappa shape index (κ2) is 5.27. The summed E-state index contributed by atoms with van der Waals surface area (Å²) in [6.45, 7) is 12.9. The summed E-state index contributed by atoms with van der Waals surface area (Å²) < 4.78 is 19.5. The number of rotatable bonds is 3. The lowest BCUT2D eigenvalue weighted by Crippen LogP contribution is -2.40. The van der Waals surface area contributed by atoms with Gasteiger partial charge < -0.3 is 4.43 Å². The van der Waals surface area contributed by atoms with Gasteiger partial charge in [0.05, 0.1) is 0 Å². The van der Waals surface area contributed by atoms with Crippen molar-refractivity contribution in [3.05, 3.63) is 41.7 Å². The average Bonchev–Trinajstić information content (AvgIpc) is 2.24. The molecule has 0 heterocycles. The Hall–Kier alpha value is -1.09. The topological polar surface area (TPSA) is 9.23 Å². The molecule has 0 amide bonds. The Balaban J connectivity index is 3.01. The first-order valence-electron chi connectivity index (χ1n) is 6.28. The van der Waals surface area contributed by atoms with Crippen molar-refractivity contribution in [1.29, 1.82) is 0 Å². The summed E-state index contributed by atoms with van der Waals surface area (Å²) in [5.74, 6) is 0.548. The van der Waals surface area contributed by atoms with Crippen LogP contribution in [0.3, 0.4) is 0 Å². The zero-order chi connectivity index (χ0) is 14.0. The quantitative estimate of drug-likeness (QED) is 0.539. The van der Waals surface area contributed by atoms with E-state index >= 15 is 0 Å². The molecule has 0 aliphatic carbocycles. The van der Waals surface area contributed by atoms with Gasteiger partial charge in [-0.1, -0.05) is 32.9 Å². The fourth-order valence-electron chi connectivity index (χ4n) is 1.35. The number of hydrogen-bond acceptors (Lipinski definition) is 1. The molecule has 0 aliphatic rings. The number of allylic oxidation sites excluding steroid dienone is 1. The zero-order valence-electron chi connectivity index (χ0n) is 12.2. The van der Waals surface area contributed by atoms with E-state index in [0.29, 0.717) is 0 Å². The molecular weight excluding hydrogens is 243 g/mol. The molecule has 100 valence electrons. The third-order valence-electron chi connectivity index (χ3n) is 3.54. The summed E-state index contributed by atoms with van der Waals surface area (Å²) >= 11 is 0. The SMILES string of the molecule is CC=C(O[Si](C)(C)C(C)(C)C)c1cccc(F)c1. The second-order valence-corrected chi connectivity index (χ2v) is 10.8. The van der Waals surface area contributed by atoms with Gasteiger partial charge in [0.15, 0.2) is 0 Å². The van der Waals surface area contributed by atoms with Crippen molar-refractivity contribution in [1.82, 2.24) is 0 Å². The third-order valence-corrected chi connectivity index (χ3v) is 7.89. The molecule has 3 heteroatoms. The van der Waals surface area contributed by atoms with Crippen LogP contribution in [0.4, 0.5) is 4.39 Å². The first-order chi connectivity index (χ1) is 8.17. The summed E-state index contributed by atoms with van der Waals surface area (Å²) in [6.07, 6.45) is 1.91. The Bertz CT molecular complexity index is 444. The molecular formula is C15H23FOSi. The number of benzene rings is 1. The van der Waals surface area contributed by atoms with E-state index in [-0.39, 0.29) is 10.9 Å². The highest BCUT2D eigenvalue weighted by Gasteiger charge is 2.39. The van der Waals surface area contributed by atoms with Crippen molar-refractivity contribution >= 4 is 14.1 Å². The van der Waals surface area contributed by atoms with Crippen LogP contribution in [-0.2, 0) is 4.43 Å². The minimum absolute atomic E-state index is 0.134. The predicted molar refractivity (Wildman–Crippen MR) is 78.3 cm³/mol. The monoisotopic (exact) mass is 266 g/mol. The normalized spacial score (nSPS) is 13.6. The second-order valence-electron chi connectivity index (χ2n) is 6.03. The van der Waals surface area contributed by atoms with Gasteiger partial charge in [-0.3, -0.25) is 0 Å². The van der Waals surface area contributed by atoms with Crippen LogP contribution in [0.15, 0.2) is 30.3 Å². The van der Waals surface area contributed by atoms with Gasteiger partial charge in [-0.25, -0.2) is 4.39 Å². The fraction of sp³-hybridized carbons (Fsp3) is 0.467. The number of halogens is 1. The maximum atomic E-state index is 13.3. The highest BCUT2D eigenvalue weighted by atomic mass is 28.4. The van der Waals surface area contributed by atoms with E-state index in [1.165, 1.54) is 12.1 Å². The highest BCUT2D eigenvalue weighted by Crippen LogP contribution is 2.39. The van der Waals surface area contributed by atoms with E-state index in [9.17, 15) is 4.39 Å². The fourth-order valence-corrected chi connectivity index (χ4v) is 2.45. The minimum Gasteiger partial charge on any atom is -0.543 e. The van der Waals surface area contributed by atoms with Crippen molar-refractivity contribution in [3.8, 4) is 0 Å². The summed E-state index contributed by atoms with van der Waals surface area (Å²) in [4.78, 5) is 0. The van der Waals surface area contributed by atoms with Gasteiger partial charge >= 0.3 is 0 Å². The molecule has 0 aliphatic heterocycles. The summed E-state index contributed by atoms with van der Waals surface area (Å²) in [6, 6.07) is 6.56. The van der Waals surface area contributed by atoms with Crippen LogP contribution in [-0.4, -0.2) is 8.32 Å². The highest BCUT2D eigenvalue weighted by molar-refractivity contribution is 6.74. The minimum atomic E-state index is -1.88. The Morgan fingerprint density at radius 1 is 1.28 bits per heavy atom. The molecule has 0 unspecified atom stereocenters. The van der Waals surface area contributed by atoms with Gasteiger partial charge in [0, 0.05) is 5.56 Å². The third kappa shape index (κ3) is 3.45. The van der Waals surface area contributed by atoms with Crippen molar-refractivity contribution in [3.63, 3.8) is 0 Å². The van der Waals surface area contributed by atoms with Crippen LogP contribution >= 0.6 is 0 Å². The Morgan fingerprint density at radius 3 is 2.33 bits per heavy atom. The molecule has 1 aromatic rings. The zero-order valence-corrected chi connectivity index (χ0v) is 13.2. The smallest absolute Gasteiger partial charge is 0.250 e. The van der Waals surface area contributed by atoms with E-state index in [1.807, 2.05) is 19.1 Å². The number of hydrogen-bond donors (Lipinski definition) is 0. The summed E-state index contributed by atoms with van der Waals surface area (Å²) in [5, 5.41) is 0.134. The van der Waals surface area contributed by atoms with Crippen LogP contribution in [0.5, 0.6) is 0 Å². The van der Waals surface area contributed by atoms with Crippen molar-refractivity contribution < 1.29 is 8.82 Å². The Kier molecular flexibility index (Phi) is 4.38. The summed E-state index contributed by atoms with van der Waals surface area (Å²) in [5.41, 5.74) is 0.808. The van der Waals surface area contributed by atoms with E-state index in [2.05, 4.69) is 33.9 Å². The van der Waals surface area contributed by atoms with E-state index in [1.54, 1.807) is 6.07 Å². The molecule has 0 saturated carbocycles. The molecule has 1 aromatic carbocycles. The lowest BCUT2D eigenvalue weighted by molar-refractivity contribution is 0.457. The lowest BCUT2D eigenvalue weighted by Gasteiger charge is -2.37. The van der Waals surface area contributed by atoms with Crippen molar-refractivity contribution in [2.45, 2.75) is 45.8 Å². The molecule has 0 atom stereocenters. The molecule has 0 fully saturated rings. The molecule has 0 N–H and O–H groups in total. The molecule has 0 radical (unpaired) electrons. The van der Waals surface area contributed by atoms with Gasteiger partial charge in [-0.2, -0.15) is 0 Å². The molecule has 1 rings (SSSR count). The first-order valence-corrected chi connectivity index (χ1v) is 9.19. The van der Waals surface area contributed by atoms with Crippen molar-refractivity contribution in [2.24, 2.45) is 0 Å². The molecule has 0 saturated heterocycles. The van der Waals surface area contributed by atoms with E-state index < -0.39 is 8.32 Å². The van der Waals surface area contributed by atoms with Crippen LogP contribution in [0.25, 0.3) is 5.76 Å². The largest absolute Gasteiger partial charge is 0.543 e. The predicted octanol–water partition coefficient (Wildman–Crippen LogP) is 5.21. The molecule has 18 heavy (non-hydrogen) atoms. The molecule has 0 aromatic heterocycles. The Labute approximate surface area is 111 Å². The van der Waals surface area contributed by atoms with Crippen LogP contribution in [0, 0.1) is 5.82 Å². The maximum absolute atomic E-state index is 13.3. The standard InChI is InChI=1S/C15H23FOSi/c1-7-14(12-9-8-10-13(16)11-12)17-18(5,6)15(2,3)4/h7-11H,1-6H3. The van der Waals surface area contributed by atoms with Crippen molar-refractivity contribution in [2.75, 3.05) is 0 Å². The van der Waals surface area contributed by atoms with Gasteiger partial charge in [-0.15, -0.1) is 0 Å². The summed E-state index contributed by atoms with van der Waals surface area (Å²) in [7, 11) is -1.88. The van der Waals surface area contributed by atoms with Gasteiger partial charge in [0.2, 0.25) is 8.32 Å². The molecule has 0 spiro atoms. The van der Waals surface area contributed by atoms with Gasteiger partial charge in [0.25, 0.3) is 0 Å². The Morgan fingerprint density at radius 2 is 1.89 bits per heavy atom. The maximum Gasteiger partial charge on any atom is 0.250 e. The first kappa shape index (κ1) is 15.0. The van der Waals surface area contributed by atoms with Crippen LogP contribution in [0.1, 0.15) is 33.3 Å². The van der Waals surface area contributed by atoms with Gasteiger partial charge in [0.1, 0.15) is 11.6 Å². The molecule has 1 nitrogen and oxygen atoms in total. The van der Waals surface area contributed by atoms with Crippen LogP contribution in [0.2, 0.25) is 18.1 Å². The van der Waals surface area contributed by atoms with E-state index in [4.69, 9.17) is 4.43 Å². The van der Waals surface area contributed by atoms with E-state index in [0.717, 1.165) is 11.3 Å². The lowest BCUT2D eigenvalue weighted by atomic mass is 10.2. The molecule has 0 bridgehead atoms. The van der Waals surface area contributed by atoms with Crippen LogP contribution < -0.4 is 0 Å².